The molecule has 4 rings (SSSR count). The summed E-state index contributed by atoms with van der Waals surface area (Å²) in [5.74, 6) is -1.75. The summed E-state index contributed by atoms with van der Waals surface area (Å²) in [5.41, 5.74) is 17.3. The van der Waals surface area contributed by atoms with E-state index in [0.717, 1.165) is 11.3 Å². The van der Waals surface area contributed by atoms with Crippen LogP contribution in [0.25, 0.3) is 0 Å². The fraction of sp³-hybridized carbons (Fsp3) is 0.421. The number of carboxylic acid groups (broad SMARTS) is 1. The molecule has 0 saturated carbocycles. The summed E-state index contributed by atoms with van der Waals surface area (Å²) in [7, 11) is 0. The molecule has 2 aromatic rings. The maximum absolute atomic E-state index is 13.1. The summed E-state index contributed by atoms with van der Waals surface area (Å²) in [4.78, 5) is 48.6. The first-order valence-electron chi connectivity index (χ1n) is 10.8. The average molecular weight is 586 g/mol. The van der Waals surface area contributed by atoms with Crippen molar-refractivity contribution < 1.29 is 24.3 Å². The van der Waals surface area contributed by atoms with Crippen LogP contribution >= 0.6 is 46.2 Å². The molecule has 0 aromatic carbocycles. The van der Waals surface area contributed by atoms with Gasteiger partial charge in [0, 0.05) is 23.4 Å². The van der Waals surface area contributed by atoms with Crippen LogP contribution in [0.1, 0.15) is 17.1 Å². The van der Waals surface area contributed by atoms with Gasteiger partial charge in [-0.3, -0.25) is 14.5 Å². The van der Waals surface area contributed by atoms with Gasteiger partial charge in [-0.2, -0.15) is 0 Å². The van der Waals surface area contributed by atoms with Crippen molar-refractivity contribution in [2.45, 2.75) is 28.7 Å². The molecule has 2 aliphatic rings. The van der Waals surface area contributed by atoms with Gasteiger partial charge in [0.15, 0.2) is 15.2 Å². The number of fused-ring (bicyclic) bond motifs is 1. The van der Waals surface area contributed by atoms with Crippen LogP contribution in [-0.2, 0) is 25.8 Å². The van der Waals surface area contributed by atoms with E-state index in [9.17, 15) is 19.5 Å². The van der Waals surface area contributed by atoms with Crippen molar-refractivity contribution in [1.29, 1.82) is 0 Å². The summed E-state index contributed by atoms with van der Waals surface area (Å²) >= 11 is 5.15. The fourth-order valence-corrected chi connectivity index (χ4v) is 7.20. The SMILES string of the molecule is NCCCO/N=C(/C(=O)NC1C(=O)N2C(C(=O)O)=C(CSc3nnc(CN)s3)CSC12)c1csc(N)n1. The van der Waals surface area contributed by atoms with E-state index in [1.165, 1.54) is 39.8 Å². The molecule has 0 spiro atoms. The molecule has 1 fully saturated rings. The van der Waals surface area contributed by atoms with Gasteiger partial charge in [-0.25, -0.2) is 9.78 Å². The average Bonchev–Trinajstić information content (AvgIpc) is 3.53. The monoisotopic (exact) mass is 585 g/mol. The molecule has 37 heavy (non-hydrogen) atoms. The first-order valence-corrected chi connectivity index (χ1v) is 14.5. The minimum Gasteiger partial charge on any atom is -0.477 e. The molecular formula is C19H23N9O5S4. The van der Waals surface area contributed by atoms with E-state index in [2.05, 4.69) is 25.7 Å². The van der Waals surface area contributed by atoms with E-state index < -0.39 is 29.2 Å². The number of hydrogen-bond acceptors (Lipinski definition) is 15. The number of nitrogens with one attached hydrogen (secondary N) is 1. The van der Waals surface area contributed by atoms with Crippen LogP contribution in [0.4, 0.5) is 5.13 Å². The lowest BCUT2D eigenvalue weighted by Crippen LogP contribution is -2.71. The quantitative estimate of drug-likeness (QED) is 0.0706. The first kappa shape index (κ1) is 27.3. The molecule has 2 aromatic heterocycles. The third-order valence-electron chi connectivity index (χ3n) is 5.10. The molecule has 8 N–H and O–H groups in total. The number of carboxylic acids is 1. The van der Waals surface area contributed by atoms with Crippen molar-refractivity contribution in [1.82, 2.24) is 25.4 Å². The zero-order chi connectivity index (χ0) is 26.5. The van der Waals surface area contributed by atoms with Gasteiger partial charge < -0.3 is 32.5 Å². The Bertz CT molecular complexity index is 1250. The Balaban J connectivity index is 1.46. The minimum atomic E-state index is -1.22. The van der Waals surface area contributed by atoms with Crippen molar-refractivity contribution in [3.63, 3.8) is 0 Å². The highest BCUT2D eigenvalue weighted by Crippen LogP contribution is 2.41. The maximum atomic E-state index is 13.1. The Morgan fingerprint density at radius 1 is 1.35 bits per heavy atom. The lowest BCUT2D eigenvalue weighted by molar-refractivity contribution is -0.150. The molecule has 0 radical (unpaired) electrons. The fourth-order valence-electron chi connectivity index (χ4n) is 3.39. The van der Waals surface area contributed by atoms with Crippen LogP contribution < -0.4 is 22.5 Å². The molecular weight excluding hydrogens is 563 g/mol. The zero-order valence-corrected chi connectivity index (χ0v) is 22.4. The number of carbonyl (C=O) groups excluding carboxylic acids is 2. The molecule has 0 aliphatic carbocycles. The second kappa shape index (κ2) is 12.2. The second-order valence-corrected chi connectivity index (χ2v) is 11.8. The number of anilines is 1. The lowest BCUT2D eigenvalue weighted by atomic mass is 10.0. The van der Waals surface area contributed by atoms with Crippen LogP contribution in [0.5, 0.6) is 0 Å². The van der Waals surface area contributed by atoms with E-state index in [4.69, 9.17) is 22.0 Å². The van der Waals surface area contributed by atoms with E-state index in [0.29, 0.717) is 39.4 Å². The number of thiazole rings is 1. The van der Waals surface area contributed by atoms with Crippen LogP contribution in [0, 0.1) is 0 Å². The van der Waals surface area contributed by atoms with E-state index >= 15 is 0 Å². The number of rotatable bonds is 12. The number of aromatic nitrogens is 3. The number of nitrogens with zero attached hydrogens (tertiary/aromatic N) is 5. The molecule has 14 nitrogen and oxygen atoms in total. The molecule has 4 heterocycles. The molecule has 1 saturated heterocycles. The summed E-state index contributed by atoms with van der Waals surface area (Å²) in [6.07, 6.45) is 0.532. The molecule has 2 aliphatic heterocycles. The topological polar surface area (TPSA) is 225 Å². The highest BCUT2D eigenvalue weighted by Gasteiger charge is 2.54. The predicted octanol–water partition coefficient (Wildman–Crippen LogP) is -0.364. The number of nitrogens with two attached hydrogens (primary N) is 3. The number of thioether (sulfide) groups is 2. The second-order valence-electron chi connectivity index (χ2n) is 7.56. The predicted molar refractivity (Wildman–Crippen MR) is 141 cm³/mol. The number of β-lactam (4-membered cyclic amide) rings is 1. The van der Waals surface area contributed by atoms with Gasteiger partial charge >= 0.3 is 5.97 Å². The van der Waals surface area contributed by atoms with Crippen molar-refractivity contribution in [3.8, 4) is 0 Å². The standard InChI is InChI=1S/C19H23N9O5S4/c20-2-1-3-33-27-11(9-7-35-18(22)23-9)14(29)24-12-15(30)28-13(17(31)32)8(5-34-16(12)28)6-36-19-26-25-10(4-21)37-19/h7,12,16H,1-6,20-21H2,(H2,22,23)(H,24,29)(H,31,32)/b27-11+. The van der Waals surface area contributed by atoms with Crippen molar-refractivity contribution in [2.75, 3.05) is 30.4 Å². The van der Waals surface area contributed by atoms with Gasteiger partial charge in [-0.15, -0.1) is 33.3 Å². The van der Waals surface area contributed by atoms with E-state index in [-0.39, 0.29) is 35.4 Å². The highest BCUT2D eigenvalue weighted by atomic mass is 32.2. The summed E-state index contributed by atoms with van der Waals surface area (Å²) in [6.45, 7) is 0.859. The maximum Gasteiger partial charge on any atom is 0.352 e. The molecule has 2 unspecified atom stereocenters. The summed E-state index contributed by atoms with van der Waals surface area (Å²) in [5, 5.41) is 26.3. The largest absolute Gasteiger partial charge is 0.477 e. The van der Waals surface area contributed by atoms with Crippen LogP contribution in [-0.4, -0.2) is 84.8 Å². The third kappa shape index (κ3) is 6.04. The smallest absolute Gasteiger partial charge is 0.352 e. The minimum absolute atomic E-state index is 0.0819. The van der Waals surface area contributed by atoms with Crippen LogP contribution in [0.2, 0.25) is 0 Å². The number of amides is 2. The normalized spacial score (nSPS) is 19.5. The van der Waals surface area contributed by atoms with Crippen molar-refractivity contribution >= 4 is 74.8 Å². The van der Waals surface area contributed by atoms with Crippen molar-refractivity contribution in [3.05, 3.63) is 27.4 Å². The lowest BCUT2D eigenvalue weighted by Gasteiger charge is -2.49. The molecule has 2 atom stereocenters. The Hall–Kier alpha value is -2.77. The van der Waals surface area contributed by atoms with Gasteiger partial charge in [-0.05, 0) is 18.5 Å². The molecule has 0 bridgehead atoms. The van der Waals surface area contributed by atoms with Crippen molar-refractivity contribution in [2.24, 2.45) is 16.6 Å². The number of aliphatic carboxylic acids is 1. The third-order valence-corrected chi connectivity index (χ3v) is 9.28. The highest BCUT2D eigenvalue weighted by molar-refractivity contribution is 8.01. The number of nitrogen functional groups attached to an aromatic ring is 1. The van der Waals surface area contributed by atoms with E-state index in [1.807, 2.05) is 0 Å². The molecule has 2 amide bonds. The van der Waals surface area contributed by atoms with Gasteiger partial charge in [0.1, 0.15) is 34.4 Å². The van der Waals surface area contributed by atoms with Gasteiger partial charge in [0.05, 0.1) is 0 Å². The Morgan fingerprint density at radius 3 is 2.81 bits per heavy atom. The van der Waals surface area contributed by atoms with Gasteiger partial charge in [0.25, 0.3) is 11.8 Å². The Kier molecular flexibility index (Phi) is 8.98. The number of oxime groups is 1. The summed E-state index contributed by atoms with van der Waals surface area (Å²) in [6, 6.07) is -0.943. The van der Waals surface area contributed by atoms with Crippen LogP contribution in [0.15, 0.2) is 26.1 Å². The molecule has 18 heteroatoms. The zero-order valence-electron chi connectivity index (χ0n) is 19.2. The van der Waals surface area contributed by atoms with Gasteiger partial charge in [-0.1, -0.05) is 28.3 Å². The molecule has 198 valence electrons. The first-order chi connectivity index (χ1) is 17.8. The number of carbonyl (C=O) groups is 3. The van der Waals surface area contributed by atoms with Gasteiger partial charge in [0.2, 0.25) is 0 Å². The van der Waals surface area contributed by atoms with Crippen LogP contribution in [0.3, 0.4) is 0 Å². The van der Waals surface area contributed by atoms with E-state index in [1.54, 1.807) is 5.38 Å². The number of hydrogen-bond donors (Lipinski definition) is 5. The summed E-state index contributed by atoms with van der Waals surface area (Å²) < 4.78 is 0.660. The Morgan fingerprint density at radius 2 is 2.16 bits per heavy atom. The Labute approximate surface area is 227 Å².